The van der Waals surface area contributed by atoms with E-state index in [0.29, 0.717) is 19.8 Å². The van der Waals surface area contributed by atoms with Crippen LogP contribution in [0.4, 0.5) is 0 Å². The Hall–Kier alpha value is -1.40. The molecule has 1 aliphatic rings. The highest BCUT2D eigenvalue weighted by Gasteiger charge is 2.36. The maximum absolute atomic E-state index is 11.2. The lowest BCUT2D eigenvalue weighted by Crippen LogP contribution is -2.40. The van der Waals surface area contributed by atoms with Gasteiger partial charge in [0.05, 0.1) is 30.5 Å². The number of likely N-dealkylation sites (N-methyl/N-ethyl adjacent to an activating group) is 1. The van der Waals surface area contributed by atoms with E-state index < -0.39 is 11.9 Å². The molecule has 1 saturated heterocycles. The van der Waals surface area contributed by atoms with Crippen molar-refractivity contribution in [1.29, 1.82) is 0 Å². The fraction of sp³-hybridized carbons (Fsp3) is 0.714. The first-order valence-corrected chi connectivity index (χ1v) is 7.13. The van der Waals surface area contributed by atoms with Gasteiger partial charge in [-0.3, -0.25) is 14.4 Å². The molecule has 2 atom stereocenters. The number of aromatic nitrogens is 2. The summed E-state index contributed by atoms with van der Waals surface area (Å²) in [6.45, 7) is 6.45. The summed E-state index contributed by atoms with van der Waals surface area (Å²) in [5.74, 6) is -1.22. The summed E-state index contributed by atoms with van der Waals surface area (Å²) < 4.78 is 7.31. The van der Waals surface area contributed by atoms with Gasteiger partial charge in [-0.05, 0) is 26.5 Å². The molecule has 2 rings (SSSR count). The minimum atomic E-state index is -0.780. The molecule has 2 heterocycles. The van der Waals surface area contributed by atoms with E-state index in [4.69, 9.17) is 4.74 Å². The molecule has 6 nitrogen and oxygen atoms in total. The zero-order valence-corrected chi connectivity index (χ0v) is 12.4. The number of rotatable bonds is 6. The summed E-state index contributed by atoms with van der Waals surface area (Å²) in [5, 5.41) is 13.7. The quantitative estimate of drug-likeness (QED) is 0.842. The number of aryl methyl sites for hydroxylation is 2. The molecule has 0 spiro atoms. The fourth-order valence-electron chi connectivity index (χ4n) is 2.67. The average molecular weight is 281 g/mol. The molecule has 0 amide bonds. The van der Waals surface area contributed by atoms with Crippen molar-refractivity contribution in [3.63, 3.8) is 0 Å². The molecule has 0 saturated carbocycles. The summed E-state index contributed by atoms with van der Waals surface area (Å²) in [5.41, 5.74) is 2.20. The predicted octanol–water partition coefficient (Wildman–Crippen LogP) is 0.997. The number of carboxylic acid groups (broad SMARTS) is 1. The molecule has 0 radical (unpaired) electrons. The van der Waals surface area contributed by atoms with E-state index in [1.165, 1.54) is 0 Å². The Bertz CT molecular complexity index is 472. The van der Waals surface area contributed by atoms with Crippen LogP contribution < -0.4 is 0 Å². The first-order valence-electron chi connectivity index (χ1n) is 7.13. The summed E-state index contributed by atoms with van der Waals surface area (Å²) in [4.78, 5) is 13.3. The molecule has 1 aromatic rings. The molecule has 2 unspecified atom stereocenters. The van der Waals surface area contributed by atoms with Gasteiger partial charge in [0.25, 0.3) is 0 Å². The van der Waals surface area contributed by atoms with Crippen LogP contribution in [-0.2, 0) is 29.0 Å². The van der Waals surface area contributed by atoms with Crippen LogP contribution in [0.5, 0.6) is 0 Å². The molecule has 1 N–H and O–H groups in total. The van der Waals surface area contributed by atoms with Crippen LogP contribution in [0.15, 0.2) is 6.07 Å². The number of ether oxygens (including phenoxy) is 1. The van der Waals surface area contributed by atoms with Crippen LogP contribution in [0.2, 0.25) is 0 Å². The van der Waals surface area contributed by atoms with Crippen molar-refractivity contribution in [1.82, 2.24) is 14.7 Å². The molecule has 112 valence electrons. The highest BCUT2D eigenvalue weighted by atomic mass is 16.5. The molecule has 20 heavy (non-hydrogen) atoms. The van der Waals surface area contributed by atoms with Crippen LogP contribution in [0.1, 0.15) is 25.2 Å². The molecule has 1 aromatic heterocycles. The lowest BCUT2D eigenvalue weighted by Gasteiger charge is -2.26. The normalized spacial score (nSPS) is 22.6. The minimum absolute atomic E-state index is 0.0715. The number of aliphatic carboxylic acids is 1. The number of carbonyl (C=O) groups is 1. The van der Waals surface area contributed by atoms with Crippen LogP contribution in [0.25, 0.3) is 0 Å². The second-order valence-electron chi connectivity index (χ2n) is 5.26. The highest BCUT2D eigenvalue weighted by Crippen LogP contribution is 2.21. The Morgan fingerprint density at radius 2 is 2.30 bits per heavy atom. The van der Waals surface area contributed by atoms with Crippen molar-refractivity contribution in [3.8, 4) is 0 Å². The summed E-state index contributed by atoms with van der Waals surface area (Å²) in [6.07, 6.45) is 0.911. The summed E-state index contributed by atoms with van der Waals surface area (Å²) in [7, 11) is 1.95. The lowest BCUT2D eigenvalue weighted by molar-refractivity contribution is -0.143. The van der Waals surface area contributed by atoms with E-state index in [9.17, 15) is 9.90 Å². The topological polar surface area (TPSA) is 67.6 Å². The van der Waals surface area contributed by atoms with Crippen LogP contribution in [0.3, 0.4) is 0 Å². The Kier molecular flexibility index (Phi) is 4.77. The van der Waals surface area contributed by atoms with E-state index in [1.807, 2.05) is 11.7 Å². The van der Waals surface area contributed by atoms with Crippen molar-refractivity contribution in [2.75, 3.05) is 20.3 Å². The van der Waals surface area contributed by atoms with E-state index in [-0.39, 0.29) is 6.04 Å². The van der Waals surface area contributed by atoms with Gasteiger partial charge in [-0.1, -0.05) is 6.92 Å². The third kappa shape index (κ3) is 3.02. The van der Waals surface area contributed by atoms with E-state index >= 15 is 0 Å². The van der Waals surface area contributed by atoms with E-state index in [1.54, 1.807) is 0 Å². The van der Waals surface area contributed by atoms with Crippen LogP contribution in [0, 0.1) is 5.92 Å². The van der Waals surface area contributed by atoms with Crippen molar-refractivity contribution in [2.24, 2.45) is 5.92 Å². The highest BCUT2D eigenvalue weighted by molar-refractivity contribution is 5.71. The molecule has 6 heteroatoms. The van der Waals surface area contributed by atoms with Gasteiger partial charge in [-0.25, -0.2) is 0 Å². The first kappa shape index (κ1) is 15.0. The zero-order valence-electron chi connectivity index (χ0n) is 12.4. The van der Waals surface area contributed by atoms with Gasteiger partial charge in [-0.2, -0.15) is 5.10 Å². The van der Waals surface area contributed by atoms with Crippen LogP contribution >= 0.6 is 0 Å². The van der Waals surface area contributed by atoms with Gasteiger partial charge >= 0.3 is 5.97 Å². The van der Waals surface area contributed by atoms with Crippen molar-refractivity contribution in [3.05, 3.63) is 17.5 Å². The van der Waals surface area contributed by atoms with Gasteiger partial charge in [0.2, 0.25) is 0 Å². The molecule has 1 aliphatic heterocycles. The summed E-state index contributed by atoms with van der Waals surface area (Å²) in [6, 6.07) is 2.03. The smallest absolute Gasteiger partial charge is 0.310 e. The predicted molar refractivity (Wildman–Crippen MR) is 74.5 cm³/mol. The van der Waals surface area contributed by atoms with Crippen molar-refractivity contribution in [2.45, 2.75) is 39.4 Å². The molecule has 0 bridgehead atoms. The average Bonchev–Trinajstić information content (AvgIpc) is 3.04. The summed E-state index contributed by atoms with van der Waals surface area (Å²) >= 11 is 0. The Morgan fingerprint density at radius 1 is 1.55 bits per heavy atom. The van der Waals surface area contributed by atoms with Gasteiger partial charge < -0.3 is 9.84 Å². The first-order chi connectivity index (χ1) is 9.56. The Labute approximate surface area is 119 Å². The van der Waals surface area contributed by atoms with Crippen molar-refractivity contribution < 1.29 is 14.6 Å². The number of carboxylic acids is 1. The Balaban J connectivity index is 2.09. The molecule has 0 aliphatic carbocycles. The third-order valence-electron chi connectivity index (χ3n) is 3.92. The second-order valence-corrected chi connectivity index (χ2v) is 5.26. The maximum atomic E-state index is 11.2. The van der Waals surface area contributed by atoms with Gasteiger partial charge in [0, 0.05) is 19.1 Å². The minimum Gasteiger partial charge on any atom is -0.481 e. The zero-order chi connectivity index (χ0) is 14.7. The number of hydrogen-bond acceptors (Lipinski definition) is 4. The monoisotopic (exact) mass is 281 g/mol. The standard InChI is InChI=1S/C14H23N3O3/c1-4-10-6-11(17(5-2)15-10)7-16(3)13-9-20-8-12(13)14(18)19/h6,12-13H,4-5,7-9H2,1-3H3,(H,18,19). The molecular formula is C14H23N3O3. The van der Waals surface area contributed by atoms with Gasteiger partial charge in [0.1, 0.15) is 0 Å². The van der Waals surface area contributed by atoms with Crippen molar-refractivity contribution >= 4 is 5.97 Å². The van der Waals surface area contributed by atoms with E-state index in [2.05, 4.69) is 29.9 Å². The Morgan fingerprint density at radius 3 is 2.90 bits per heavy atom. The van der Waals surface area contributed by atoms with Crippen LogP contribution in [-0.4, -0.2) is 52.1 Å². The molecular weight excluding hydrogens is 258 g/mol. The second kappa shape index (κ2) is 6.37. The fourth-order valence-corrected chi connectivity index (χ4v) is 2.67. The molecule has 1 fully saturated rings. The largest absolute Gasteiger partial charge is 0.481 e. The maximum Gasteiger partial charge on any atom is 0.310 e. The van der Waals surface area contributed by atoms with Gasteiger partial charge in [-0.15, -0.1) is 0 Å². The lowest BCUT2D eigenvalue weighted by atomic mass is 10.0. The van der Waals surface area contributed by atoms with Gasteiger partial charge in [0.15, 0.2) is 0 Å². The SMILES string of the molecule is CCc1cc(CN(C)C2COCC2C(=O)O)n(CC)n1. The number of nitrogens with zero attached hydrogens (tertiary/aromatic N) is 3. The number of hydrogen-bond donors (Lipinski definition) is 1. The molecule has 0 aromatic carbocycles. The third-order valence-corrected chi connectivity index (χ3v) is 3.92. The van der Waals surface area contributed by atoms with E-state index in [0.717, 1.165) is 24.4 Å².